The summed E-state index contributed by atoms with van der Waals surface area (Å²) in [6.45, 7) is 5.45. The fraction of sp³-hybridized carbons (Fsp3) is 0.737. The zero-order chi connectivity index (χ0) is 18.4. The van der Waals surface area contributed by atoms with E-state index in [4.69, 9.17) is 10.5 Å². The third-order valence-corrected chi connectivity index (χ3v) is 5.30. The van der Waals surface area contributed by atoms with Crippen LogP contribution in [0.3, 0.4) is 0 Å². The van der Waals surface area contributed by atoms with Crippen LogP contribution in [0.2, 0.25) is 0 Å². The normalized spacial score (nSPS) is 17.6. The van der Waals surface area contributed by atoms with Gasteiger partial charge in [0.05, 0.1) is 6.42 Å². The Morgan fingerprint density at radius 1 is 1.23 bits per heavy atom. The van der Waals surface area contributed by atoms with Gasteiger partial charge in [-0.15, -0.1) is 0 Å². The number of hydrogen-bond acceptors (Lipinski definition) is 6. The van der Waals surface area contributed by atoms with E-state index < -0.39 is 0 Å². The van der Waals surface area contributed by atoms with E-state index in [1.54, 1.807) is 4.90 Å². The Morgan fingerprint density at radius 3 is 2.81 bits per heavy atom. The van der Waals surface area contributed by atoms with E-state index in [-0.39, 0.29) is 5.91 Å². The molecule has 1 aromatic rings. The molecule has 0 spiro atoms. The number of ether oxygens (including phenoxy) is 1. The molecular formula is C19H31N5O2. The van der Waals surface area contributed by atoms with Gasteiger partial charge in [-0.1, -0.05) is 26.2 Å². The molecule has 0 aromatic carbocycles. The van der Waals surface area contributed by atoms with E-state index in [2.05, 4.69) is 22.2 Å². The topological polar surface area (TPSA) is 93.4 Å². The minimum Gasteiger partial charge on any atom is -0.383 e. The van der Waals surface area contributed by atoms with E-state index in [0.717, 1.165) is 56.9 Å². The fourth-order valence-corrected chi connectivity index (χ4v) is 3.67. The molecule has 2 aliphatic rings. The first-order valence-electron chi connectivity index (χ1n) is 9.97. The Balaban J connectivity index is 1.56. The summed E-state index contributed by atoms with van der Waals surface area (Å²) in [7, 11) is 0. The Bertz CT molecular complexity index is 616. The van der Waals surface area contributed by atoms with Crippen LogP contribution in [-0.4, -0.2) is 42.2 Å². The van der Waals surface area contributed by atoms with Gasteiger partial charge in [0.15, 0.2) is 0 Å². The summed E-state index contributed by atoms with van der Waals surface area (Å²) >= 11 is 0. The molecule has 3 rings (SSSR count). The summed E-state index contributed by atoms with van der Waals surface area (Å²) in [6.07, 6.45) is 8.14. The minimum absolute atomic E-state index is 0.0813. The molecular weight excluding hydrogens is 330 g/mol. The molecule has 1 aromatic heterocycles. The number of amides is 1. The van der Waals surface area contributed by atoms with Crippen molar-refractivity contribution in [3.05, 3.63) is 5.56 Å². The largest absolute Gasteiger partial charge is 0.383 e. The van der Waals surface area contributed by atoms with Crippen LogP contribution in [0.4, 0.5) is 17.6 Å². The van der Waals surface area contributed by atoms with Crippen LogP contribution in [0.5, 0.6) is 0 Å². The van der Waals surface area contributed by atoms with Crippen molar-refractivity contribution >= 4 is 23.5 Å². The molecule has 0 atom stereocenters. The number of nitrogen functional groups attached to an aromatic ring is 1. The van der Waals surface area contributed by atoms with Crippen molar-refractivity contribution in [1.29, 1.82) is 0 Å². The summed E-state index contributed by atoms with van der Waals surface area (Å²) in [5, 5.41) is 3.21. The number of nitrogens with one attached hydrogen (secondary N) is 1. The van der Waals surface area contributed by atoms with Gasteiger partial charge >= 0.3 is 0 Å². The maximum absolute atomic E-state index is 12.4. The van der Waals surface area contributed by atoms with Crippen molar-refractivity contribution in [1.82, 2.24) is 9.97 Å². The highest BCUT2D eigenvalue weighted by atomic mass is 16.5. The average molecular weight is 361 g/mol. The van der Waals surface area contributed by atoms with Crippen molar-refractivity contribution in [2.45, 2.75) is 58.3 Å². The van der Waals surface area contributed by atoms with Crippen LogP contribution >= 0.6 is 0 Å². The Kier molecular flexibility index (Phi) is 6.66. The smallest absolute Gasteiger partial charge is 0.232 e. The summed E-state index contributed by atoms with van der Waals surface area (Å²) in [5.74, 6) is 2.51. The highest BCUT2D eigenvalue weighted by molar-refractivity contribution is 6.01. The van der Waals surface area contributed by atoms with Gasteiger partial charge in [0.1, 0.15) is 11.6 Å². The second-order valence-corrected chi connectivity index (χ2v) is 7.29. The van der Waals surface area contributed by atoms with Gasteiger partial charge in [0, 0.05) is 31.9 Å². The number of unbranched alkanes of at least 4 members (excludes halogenated alkanes) is 2. The number of anilines is 3. The van der Waals surface area contributed by atoms with Crippen molar-refractivity contribution in [3.63, 3.8) is 0 Å². The number of rotatable bonds is 9. The summed E-state index contributed by atoms with van der Waals surface area (Å²) in [5.41, 5.74) is 6.85. The molecule has 144 valence electrons. The molecule has 3 heterocycles. The zero-order valence-electron chi connectivity index (χ0n) is 15.8. The van der Waals surface area contributed by atoms with Gasteiger partial charge in [-0.3, -0.25) is 9.69 Å². The SMILES string of the molecule is CCCCNc1nc(N)c2c(n1)N(CCCCC1CCOCC1)C(=O)C2. The lowest BCUT2D eigenvalue weighted by atomic mass is 9.94. The number of nitrogens with two attached hydrogens (primary N) is 1. The molecule has 7 nitrogen and oxygen atoms in total. The fourth-order valence-electron chi connectivity index (χ4n) is 3.67. The van der Waals surface area contributed by atoms with E-state index in [0.29, 0.717) is 30.5 Å². The lowest BCUT2D eigenvalue weighted by molar-refractivity contribution is -0.117. The maximum Gasteiger partial charge on any atom is 0.232 e. The van der Waals surface area contributed by atoms with Crippen molar-refractivity contribution in [2.24, 2.45) is 5.92 Å². The second kappa shape index (κ2) is 9.16. The Labute approximate surface area is 155 Å². The highest BCUT2D eigenvalue weighted by Gasteiger charge is 2.31. The molecule has 3 N–H and O–H groups in total. The number of carbonyl (C=O) groups excluding carboxylic acids is 1. The summed E-state index contributed by atoms with van der Waals surface area (Å²) in [4.78, 5) is 23.1. The molecule has 0 saturated carbocycles. The zero-order valence-corrected chi connectivity index (χ0v) is 15.8. The predicted molar refractivity (Wildman–Crippen MR) is 103 cm³/mol. The standard InChI is InChI=1S/C19H31N5O2/c1-2-3-9-21-19-22-17(20)15-13-16(25)24(18(15)23-19)10-5-4-6-14-7-11-26-12-8-14/h14H,2-13H2,1H3,(H3,20,21,22,23). The van der Waals surface area contributed by atoms with Gasteiger partial charge in [-0.05, 0) is 31.6 Å². The highest BCUT2D eigenvalue weighted by Crippen LogP contribution is 2.32. The van der Waals surface area contributed by atoms with Gasteiger partial charge in [-0.25, -0.2) is 0 Å². The van der Waals surface area contributed by atoms with Crippen molar-refractivity contribution in [3.8, 4) is 0 Å². The molecule has 1 saturated heterocycles. The first kappa shape index (κ1) is 18.9. The summed E-state index contributed by atoms with van der Waals surface area (Å²) < 4.78 is 5.41. The van der Waals surface area contributed by atoms with E-state index in [1.807, 2.05) is 0 Å². The second-order valence-electron chi connectivity index (χ2n) is 7.29. The Morgan fingerprint density at radius 2 is 2.04 bits per heavy atom. The molecule has 0 radical (unpaired) electrons. The summed E-state index contributed by atoms with van der Waals surface area (Å²) in [6, 6.07) is 0. The molecule has 2 aliphatic heterocycles. The Hall–Kier alpha value is -1.89. The van der Waals surface area contributed by atoms with Crippen molar-refractivity contribution < 1.29 is 9.53 Å². The van der Waals surface area contributed by atoms with Gasteiger partial charge in [-0.2, -0.15) is 9.97 Å². The molecule has 0 aliphatic carbocycles. The molecule has 0 unspecified atom stereocenters. The van der Waals surface area contributed by atoms with E-state index in [9.17, 15) is 4.79 Å². The van der Waals surface area contributed by atoms with E-state index >= 15 is 0 Å². The van der Waals surface area contributed by atoms with Gasteiger partial charge < -0.3 is 15.8 Å². The average Bonchev–Trinajstić information content (AvgIpc) is 2.96. The molecule has 0 bridgehead atoms. The van der Waals surface area contributed by atoms with Crippen LogP contribution in [0.1, 0.15) is 57.4 Å². The van der Waals surface area contributed by atoms with Crippen LogP contribution in [0.15, 0.2) is 0 Å². The molecule has 1 amide bonds. The van der Waals surface area contributed by atoms with Crippen LogP contribution in [0, 0.1) is 5.92 Å². The van der Waals surface area contributed by atoms with Crippen LogP contribution in [0.25, 0.3) is 0 Å². The number of hydrogen-bond donors (Lipinski definition) is 2. The van der Waals surface area contributed by atoms with Crippen LogP contribution in [-0.2, 0) is 16.0 Å². The lowest BCUT2D eigenvalue weighted by Crippen LogP contribution is -2.28. The van der Waals surface area contributed by atoms with Gasteiger partial charge in [0.2, 0.25) is 11.9 Å². The molecule has 26 heavy (non-hydrogen) atoms. The van der Waals surface area contributed by atoms with E-state index in [1.165, 1.54) is 19.3 Å². The van der Waals surface area contributed by atoms with Gasteiger partial charge in [0.25, 0.3) is 0 Å². The number of fused-ring (bicyclic) bond motifs is 1. The monoisotopic (exact) mass is 361 g/mol. The first-order chi connectivity index (χ1) is 12.7. The number of carbonyl (C=O) groups is 1. The number of aromatic nitrogens is 2. The van der Waals surface area contributed by atoms with Crippen molar-refractivity contribution in [2.75, 3.05) is 42.3 Å². The molecule has 7 heteroatoms. The quantitative estimate of drug-likeness (QED) is 0.657. The third kappa shape index (κ3) is 4.63. The third-order valence-electron chi connectivity index (χ3n) is 5.30. The lowest BCUT2D eigenvalue weighted by Gasteiger charge is -2.22. The predicted octanol–water partition coefficient (Wildman–Crippen LogP) is 2.76. The van der Waals surface area contributed by atoms with Crippen LogP contribution < -0.4 is 16.0 Å². The number of nitrogens with zero attached hydrogens (tertiary/aromatic N) is 3. The first-order valence-corrected chi connectivity index (χ1v) is 9.97. The minimum atomic E-state index is 0.0813. The maximum atomic E-state index is 12.4. The molecule has 1 fully saturated rings.